The number of likely N-dealkylation sites (N-methyl/N-ethyl adjacent to an activating group) is 1. The van der Waals surface area contributed by atoms with Gasteiger partial charge in [-0.2, -0.15) is 0 Å². The highest BCUT2D eigenvalue weighted by Crippen LogP contribution is 1.95. The molecule has 0 fully saturated rings. The summed E-state index contributed by atoms with van der Waals surface area (Å²) in [7, 11) is 2.70. The Morgan fingerprint density at radius 3 is 1.72 bits per heavy atom. The smallest absolute Gasteiger partial charge is 0.410 e. The van der Waals surface area contributed by atoms with Crippen LogP contribution in [0.5, 0.6) is 0 Å². The zero-order valence-corrected chi connectivity index (χ0v) is 20.6. The topological polar surface area (TPSA) is 215 Å². The van der Waals surface area contributed by atoms with E-state index in [1.54, 1.807) is 7.05 Å². The van der Waals surface area contributed by atoms with E-state index < -0.39 is 67.8 Å². The van der Waals surface area contributed by atoms with Crippen LogP contribution in [0.15, 0.2) is 0 Å². The standard InChI is InChI=1S/C19H32N4O13.3CH4/c1-11(21-7-31-8-32-13(3)24)15(25)33-9-34-16(26)12(2)22-18(28)35-10-36-19(29)23-14(6-20-4)17(27)30-5;;;/h11-12,14,20-21H,6-10H2,1-5H3,(H,22,28)(H,23,29);3*1H4. The van der Waals surface area contributed by atoms with E-state index in [-0.39, 0.29) is 42.3 Å². The van der Waals surface area contributed by atoms with Crippen LogP contribution < -0.4 is 21.3 Å². The van der Waals surface area contributed by atoms with E-state index in [4.69, 9.17) is 14.2 Å². The van der Waals surface area contributed by atoms with Gasteiger partial charge in [-0.1, -0.05) is 22.3 Å². The van der Waals surface area contributed by atoms with Crippen molar-refractivity contribution in [3.05, 3.63) is 0 Å². The van der Waals surface area contributed by atoms with Crippen molar-refractivity contribution in [2.45, 2.75) is 61.2 Å². The fourth-order valence-corrected chi connectivity index (χ4v) is 1.97. The number of hydrogen-bond donors (Lipinski definition) is 4. The second kappa shape index (κ2) is 24.6. The molecule has 0 rings (SSSR count). The molecule has 3 unspecified atom stereocenters. The van der Waals surface area contributed by atoms with E-state index in [1.165, 1.54) is 20.8 Å². The molecular weight excluding hydrogens is 528 g/mol. The summed E-state index contributed by atoms with van der Waals surface area (Å²) < 4.78 is 32.7. The molecule has 39 heavy (non-hydrogen) atoms. The number of alkyl carbamates (subject to hydrolysis) is 2. The van der Waals surface area contributed by atoms with Gasteiger partial charge in [-0.15, -0.1) is 0 Å². The molecule has 2 amide bonds. The third-order valence-electron chi connectivity index (χ3n) is 3.85. The van der Waals surface area contributed by atoms with E-state index >= 15 is 0 Å². The van der Waals surface area contributed by atoms with Crippen LogP contribution in [0.3, 0.4) is 0 Å². The predicted octanol–water partition coefficient (Wildman–Crippen LogP) is -0.0292. The maximum Gasteiger partial charge on any atom is 0.410 e. The molecule has 0 aliphatic heterocycles. The Bertz CT molecular complexity index is 751. The van der Waals surface area contributed by atoms with Crippen molar-refractivity contribution in [3.8, 4) is 0 Å². The average molecular weight is 573 g/mol. The fraction of sp³-hybridized carbons (Fsp3) is 0.727. The van der Waals surface area contributed by atoms with Crippen molar-refractivity contribution in [2.75, 3.05) is 47.8 Å². The number of methoxy groups -OCH3 is 1. The average Bonchev–Trinajstić information content (AvgIpc) is 2.82. The Morgan fingerprint density at radius 2 is 1.21 bits per heavy atom. The minimum Gasteiger partial charge on any atom is -0.467 e. The van der Waals surface area contributed by atoms with Gasteiger partial charge in [0.15, 0.2) is 6.79 Å². The highest BCUT2D eigenvalue weighted by molar-refractivity contribution is 5.82. The number of ether oxygens (including phenoxy) is 7. The molecule has 17 nitrogen and oxygen atoms in total. The van der Waals surface area contributed by atoms with Crippen LogP contribution in [-0.4, -0.2) is 102 Å². The first-order valence-corrected chi connectivity index (χ1v) is 10.4. The molecule has 0 aromatic rings. The molecule has 0 saturated heterocycles. The zero-order chi connectivity index (χ0) is 27.5. The van der Waals surface area contributed by atoms with Crippen LogP contribution in [0.4, 0.5) is 9.59 Å². The fourth-order valence-electron chi connectivity index (χ4n) is 1.97. The summed E-state index contributed by atoms with van der Waals surface area (Å²) in [6.45, 7) is 2.06. The molecule has 0 aliphatic rings. The summed E-state index contributed by atoms with van der Waals surface area (Å²) in [5.74, 6) is -2.95. The molecule has 0 aromatic carbocycles. The lowest BCUT2D eigenvalue weighted by molar-refractivity contribution is -0.170. The molecule has 0 heterocycles. The summed E-state index contributed by atoms with van der Waals surface area (Å²) in [6.07, 6.45) is -2.17. The van der Waals surface area contributed by atoms with E-state index in [2.05, 4.69) is 40.2 Å². The van der Waals surface area contributed by atoms with Gasteiger partial charge >= 0.3 is 36.1 Å². The number of amides is 2. The molecular formula is C22H44N4O13. The van der Waals surface area contributed by atoms with Gasteiger partial charge < -0.3 is 49.1 Å². The minimum absolute atomic E-state index is 0. The number of nitrogens with one attached hydrogen (secondary N) is 4. The second-order valence-electron chi connectivity index (χ2n) is 6.70. The summed E-state index contributed by atoms with van der Waals surface area (Å²) in [4.78, 5) is 69.1. The van der Waals surface area contributed by atoms with Crippen molar-refractivity contribution in [2.24, 2.45) is 0 Å². The molecule has 3 atom stereocenters. The molecule has 4 N–H and O–H groups in total. The molecule has 0 spiro atoms. The van der Waals surface area contributed by atoms with Crippen LogP contribution in [0.1, 0.15) is 43.1 Å². The number of esters is 4. The van der Waals surface area contributed by atoms with Crippen molar-refractivity contribution < 1.29 is 61.9 Å². The van der Waals surface area contributed by atoms with Crippen molar-refractivity contribution >= 4 is 36.1 Å². The lowest BCUT2D eigenvalue weighted by Crippen LogP contribution is -2.47. The van der Waals surface area contributed by atoms with Crippen LogP contribution in [-0.2, 0) is 52.3 Å². The molecule has 0 aromatic heterocycles. The monoisotopic (exact) mass is 572 g/mol. The third kappa shape index (κ3) is 21.0. The van der Waals surface area contributed by atoms with Gasteiger partial charge in [0.1, 0.15) is 24.9 Å². The Morgan fingerprint density at radius 1 is 0.692 bits per heavy atom. The van der Waals surface area contributed by atoms with Crippen molar-refractivity contribution in [3.63, 3.8) is 0 Å². The van der Waals surface area contributed by atoms with Crippen LogP contribution >= 0.6 is 0 Å². The van der Waals surface area contributed by atoms with Crippen LogP contribution in [0.25, 0.3) is 0 Å². The Balaban J connectivity index is -0.00000204. The van der Waals surface area contributed by atoms with Gasteiger partial charge in [-0.05, 0) is 20.9 Å². The summed E-state index contributed by atoms with van der Waals surface area (Å²) in [5.41, 5.74) is 0. The molecule has 230 valence electrons. The predicted molar refractivity (Wildman–Crippen MR) is 136 cm³/mol. The van der Waals surface area contributed by atoms with Gasteiger partial charge in [0.05, 0.1) is 7.11 Å². The van der Waals surface area contributed by atoms with Gasteiger partial charge in [0.2, 0.25) is 13.6 Å². The van der Waals surface area contributed by atoms with Crippen molar-refractivity contribution in [1.82, 2.24) is 21.3 Å². The lowest BCUT2D eigenvalue weighted by Gasteiger charge is -2.16. The normalized spacial score (nSPS) is 11.7. The first-order chi connectivity index (χ1) is 17.0. The number of carbonyl (C=O) groups is 6. The van der Waals surface area contributed by atoms with Gasteiger partial charge in [-0.25, -0.2) is 19.2 Å². The zero-order valence-electron chi connectivity index (χ0n) is 20.6. The number of carbonyl (C=O) groups excluding carboxylic acids is 6. The second-order valence-corrected chi connectivity index (χ2v) is 6.70. The van der Waals surface area contributed by atoms with Gasteiger partial charge in [-0.3, -0.25) is 14.9 Å². The SMILES string of the molecule is C.C.C.CNCC(NC(=O)OCOC(=O)NC(C)C(=O)OCOC(=O)C(C)NCOCOC(C)=O)C(=O)OC. The summed E-state index contributed by atoms with van der Waals surface area (Å²) in [5, 5.41) is 9.63. The first-order valence-electron chi connectivity index (χ1n) is 10.4. The Labute approximate surface area is 228 Å². The minimum atomic E-state index is -1.20. The first kappa shape index (κ1) is 42.4. The maximum atomic E-state index is 11.9. The molecule has 0 aliphatic carbocycles. The largest absolute Gasteiger partial charge is 0.467 e. The van der Waals surface area contributed by atoms with Crippen LogP contribution in [0.2, 0.25) is 0 Å². The summed E-state index contributed by atoms with van der Waals surface area (Å²) in [6, 6.07) is -3.05. The van der Waals surface area contributed by atoms with Crippen LogP contribution in [0, 0.1) is 0 Å². The highest BCUT2D eigenvalue weighted by Gasteiger charge is 2.22. The lowest BCUT2D eigenvalue weighted by atomic mass is 10.3. The Hall–Kier alpha value is -3.70. The number of rotatable bonds is 16. The third-order valence-corrected chi connectivity index (χ3v) is 3.85. The Kier molecular flexibility index (Phi) is 26.8. The highest BCUT2D eigenvalue weighted by atomic mass is 16.7. The van der Waals surface area contributed by atoms with E-state index in [1.807, 2.05) is 0 Å². The molecule has 0 bridgehead atoms. The van der Waals surface area contributed by atoms with Gasteiger partial charge in [0.25, 0.3) is 0 Å². The van der Waals surface area contributed by atoms with Crippen molar-refractivity contribution in [1.29, 1.82) is 0 Å². The van der Waals surface area contributed by atoms with Gasteiger partial charge in [0, 0.05) is 13.5 Å². The molecule has 0 radical (unpaired) electrons. The summed E-state index contributed by atoms with van der Waals surface area (Å²) >= 11 is 0. The number of hydrogen-bond acceptors (Lipinski definition) is 15. The quantitative estimate of drug-likeness (QED) is 0.0826. The van der Waals surface area contributed by atoms with E-state index in [9.17, 15) is 28.8 Å². The van der Waals surface area contributed by atoms with E-state index in [0.717, 1.165) is 7.11 Å². The maximum absolute atomic E-state index is 11.9. The molecule has 17 heteroatoms. The van der Waals surface area contributed by atoms with E-state index in [0.29, 0.717) is 0 Å². The molecule has 0 saturated carbocycles.